The molecule has 1 unspecified atom stereocenters. The van der Waals surface area contributed by atoms with Gasteiger partial charge in [0.1, 0.15) is 6.33 Å². The van der Waals surface area contributed by atoms with Crippen molar-refractivity contribution in [3.8, 4) is 11.4 Å². The van der Waals surface area contributed by atoms with Crippen molar-refractivity contribution in [3.05, 3.63) is 30.1 Å². The highest BCUT2D eigenvalue weighted by Crippen LogP contribution is 2.27. The summed E-state index contributed by atoms with van der Waals surface area (Å²) >= 11 is 0. The number of benzene rings is 1. The van der Waals surface area contributed by atoms with E-state index in [0.29, 0.717) is 6.54 Å². The van der Waals surface area contributed by atoms with Crippen LogP contribution in [-0.4, -0.2) is 50.5 Å². The van der Waals surface area contributed by atoms with Crippen LogP contribution in [0.4, 0.5) is 10.5 Å². The SMILES string of the molecule is Cc1c(NC(=O)N2CCCC(CO)C2)cccc1-c1nncn1C. The molecule has 3 rings (SSSR count). The summed E-state index contributed by atoms with van der Waals surface area (Å²) < 4.78 is 1.85. The minimum Gasteiger partial charge on any atom is -0.396 e. The van der Waals surface area contributed by atoms with Crippen LogP contribution in [0.1, 0.15) is 18.4 Å². The topological polar surface area (TPSA) is 83.3 Å². The van der Waals surface area contributed by atoms with E-state index in [9.17, 15) is 9.90 Å². The molecule has 2 N–H and O–H groups in total. The maximum Gasteiger partial charge on any atom is 0.321 e. The van der Waals surface area contributed by atoms with Crippen LogP contribution in [0.25, 0.3) is 11.4 Å². The lowest BCUT2D eigenvalue weighted by molar-refractivity contribution is 0.136. The first-order valence-electron chi connectivity index (χ1n) is 8.21. The Balaban J connectivity index is 1.78. The zero-order valence-corrected chi connectivity index (χ0v) is 14.1. The highest BCUT2D eigenvalue weighted by molar-refractivity contribution is 5.91. The molecule has 2 aromatic rings. The average molecular weight is 329 g/mol. The van der Waals surface area contributed by atoms with Gasteiger partial charge in [-0.2, -0.15) is 0 Å². The van der Waals surface area contributed by atoms with E-state index in [0.717, 1.165) is 42.0 Å². The number of piperidine rings is 1. The monoisotopic (exact) mass is 329 g/mol. The van der Waals surface area contributed by atoms with Crippen molar-refractivity contribution < 1.29 is 9.90 Å². The first kappa shape index (κ1) is 16.4. The van der Waals surface area contributed by atoms with Gasteiger partial charge in [0.2, 0.25) is 0 Å². The minimum absolute atomic E-state index is 0.119. The summed E-state index contributed by atoms with van der Waals surface area (Å²) in [6, 6.07) is 5.64. The number of amides is 2. The Morgan fingerprint density at radius 3 is 3.00 bits per heavy atom. The Morgan fingerprint density at radius 1 is 1.46 bits per heavy atom. The van der Waals surface area contributed by atoms with Crippen LogP contribution < -0.4 is 5.32 Å². The lowest BCUT2D eigenvalue weighted by atomic mass is 9.99. The van der Waals surface area contributed by atoms with Gasteiger partial charge in [0.25, 0.3) is 0 Å². The smallest absolute Gasteiger partial charge is 0.321 e. The van der Waals surface area contributed by atoms with Crippen LogP contribution in [0.2, 0.25) is 0 Å². The van der Waals surface area contributed by atoms with Crippen molar-refractivity contribution >= 4 is 11.7 Å². The molecule has 0 bridgehead atoms. The summed E-state index contributed by atoms with van der Waals surface area (Å²) in [7, 11) is 1.89. The van der Waals surface area contributed by atoms with E-state index in [1.165, 1.54) is 0 Å². The molecule has 1 aromatic carbocycles. The average Bonchev–Trinajstić information content (AvgIpc) is 3.02. The number of aryl methyl sites for hydroxylation is 1. The van der Waals surface area contributed by atoms with Crippen molar-refractivity contribution in [3.63, 3.8) is 0 Å². The van der Waals surface area contributed by atoms with Crippen molar-refractivity contribution in [1.29, 1.82) is 0 Å². The van der Waals surface area contributed by atoms with Gasteiger partial charge in [-0.15, -0.1) is 10.2 Å². The number of rotatable bonds is 3. The summed E-state index contributed by atoms with van der Waals surface area (Å²) in [5, 5.41) is 20.4. The minimum atomic E-state index is -0.119. The molecule has 1 saturated heterocycles. The van der Waals surface area contributed by atoms with Crippen LogP contribution in [-0.2, 0) is 7.05 Å². The van der Waals surface area contributed by atoms with E-state index in [-0.39, 0.29) is 18.6 Å². The van der Waals surface area contributed by atoms with Gasteiger partial charge in [0, 0.05) is 38.0 Å². The third-order valence-corrected chi connectivity index (χ3v) is 4.59. The number of carbonyl (C=O) groups is 1. The number of anilines is 1. The molecule has 128 valence electrons. The molecule has 0 aliphatic carbocycles. The second kappa shape index (κ2) is 7.00. The predicted molar refractivity (Wildman–Crippen MR) is 91.6 cm³/mol. The van der Waals surface area contributed by atoms with Gasteiger partial charge < -0.3 is 19.9 Å². The number of hydrogen-bond acceptors (Lipinski definition) is 4. The number of hydrogen-bond donors (Lipinski definition) is 2. The standard InChI is InChI=1S/C17H23N5O2/c1-12-14(16-20-18-11-21(16)2)6-3-7-15(12)19-17(24)22-8-4-5-13(9-22)10-23/h3,6-7,11,13,23H,4-5,8-10H2,1-2H3,(H,19,24). The van der Waals surface area contributed by atoms with E-state index < -0.39 is 0 Å². The predicted octanol–water partition coefficient (Wildman–Crippen LogP) is 2.03. The fraction of sp³-hybridized carbons (Fsp3) is 0.471. The third-order valence-electron chi connectivity index (χ3n) is 4.59. The molecule has 2 heterocycles. The highest BCUT2D eigenvalue weighted by Gasteiger charge is 2.23. The van der Waals surface area contributed by atoms with Gasteiger partial charge in [0.05, 0.1) is 0 Å². The summed E-state index contributed by atoms with van der Waals surface area (Å²) in [6.45, 7) is 3.42. The second-order valence-electron chi connectivity index (χ2n) is 6.31. The molecule has 0 spiro atoms. The van der Waals surface area contributed by atoms with E-state index in [1.54, 1.807) is 11.2 Å². The maximum absolute atomic E-state index is 12.5. The van der Waals surface area contributed by atoms with Gasteiger partial charge in [-0.05, 0) is 37.3 Å². The highest BCUT2D eigenvalue weighted by atomic mass is 16.3. The van der Waals surface area contributed by atoms with E-state index in [1.807, 2.05) is 36.7 Å². The second-order valence-corrected chi connectivity index (χ2v) is 6.31. The van der Waals surface area contributed by atoms with Crippen molar-refractivity contribution in [1.82, 2.24) is 19.7 Å². The number of aliphatic hydroxyl groups is 1. The lowest BCUT2D eigenvalue weighted by Crippen LogP contribution is -2.43. The first-order valence-corrected chi connectivity index (χ1v) is 8.21. The number of aromatic nitrogens is 3. The van der Waals surface area contributed by atoms with Crippen LogP contribution in [0.3, 0.4) is 0 Å². The zero-order valence-electron chi connectivity index (χ0n) is 14.1. The number of nitrogens with zero attached hydrogens (tertiary/aromatic N) is 4. The molecule has 7 heteroatoms. The first-order chi connectivity index (χ1) is 11.6. The molecule has 7 nitrogen and oxygen atoms in total. The van der Waals surface area contributed by atoms with Gasteiger partial charge >= 0.3 is 6.03 Å². The van der Waals surface area contributed by atoms with Gasteiger partial charge in [0.15, 0.2) is 5.82 Å². The van der Waals surface area contributed by atoms with E-state index >= 15 is 0 Å². The van der Waals surface area contributed by atoms with Gasteiger partial charge in [-0.3, -0.25) is 0 Å². The Hall–Kier alpha value is -2.41. The van der Waals surface area contributed by atoms with Gasteiger partial charge in [-0.25, -0.2) is 4.79 Å². The summed E-state index contributed by atoms with van der Waals surface area (Å²) in [5.41, 5.74) is 2.67. The maximum atomic E-state index is 12.5. The normalized spacial score (nSPS) is 17.8. The lowest BCUT2D eigenvalue weighted by Gasteiger charge is -2.32. The number of carbonyl (C=O) groups excluding carboxylic acids is 1. The fourth-order valence-corrected chi connectivity index (χ4v) is 3.13. The summed E-state index contributed by atoms with van der Waals surface area (Å²) in [6.07, 6.45) is 3.56. The molecule has 1 aromatic heterocycles. The zero-order chi connectivity index (χ0) is 17.1. The van der Waals surface area contributed by atoms with Crippen LogP contribution in [0, 0.1) is 12.8 Å². The summed E-state index contributed by atoms with van der Waals surface area (Å²) in [5.74, 6) is 0.942. The molecule has 0 saturated carbocycles. The molecule has 1 fully saturated rings. The number of likely N-dealkylation sites (tertiary alicyclic amines) is 1. The summed E-state index contributed by atoms with van der Waals surface area (Å²) in [4.78, 5) is 14.3. The van der Waals surface area contributed by atoms with E-state index in [2.05, 4.69) is 15.5 Å². The molecule has 1 aliphatic heterocycles. The Morgan fingerprint density at radius 2 is 2.29 bits per heavy atom. The number of urea groups is 1. The molecule has 0 radical (unpaired) electrons. The molecule has 1 atom stereocenters. The molecular weight excluding hydrogens is 306 g/mol. The molecule has 24 heavy (non-hydrogen) atoms. The van der Waals surface area contributed by atoms with E-state index in [4.69, 9.17) is 0 Å². The molecule has 1 aliphatic rings. The largest absolute Gasteiger partial charge is 0.396 e. The van der Waals surface area contributed by atoms with Crippen LogP contribution in [0.5, 0.6) is 0 Å². The number of nitrogens with one attached hydrogen (secondary N) is 1. The fourth-order valence-electron chi connectivity index (χ4n) is 3.13. The third kappa shape index (κ3) is 3.26. The molecule has 2 amide bonds. The van der Waals surface area contributed by atoms with Crippen LogP contribution in [0.15, 0.2) is 24.5 Å². The van der Waals surface area contributed by atoms with Crippen molar-refractivity contribution in [2.75, 3.05) is 25.0 Å². The Labute approximate surface area is 141 Å². The Kier molecular flexibility index (Phi) is 4.80. The quantitative estimate of drug-likeness (QED) is 0.902. The number of aliphatic hydroxyl groups excluding tert-OH is 1. The Bertz CT molecular complexity index is 728. The van der Waals surface area contributed by atoms with Crippen molar-refractivity contribution in [2.24, 2.45) is 13.0 Å². The molecular formula is C17H23N5O2. The van der Waals surface area contributed by atoms with Crippen LogP contribution >= 0.6 is 0 Å². The van der Waals surface area contributed by atoms with Crippen molar-refractivity contribution in [2.45, 2.75) is 19.8 Å². The van der Waals surface area contributed by atoms with Gasteiger partial charge in [-0.1, -0.05) is 12.1 Å².